The average molecular weight is 240 g/mol. The normalized spacial score (nSPS) is 25.8. The van der Waals surface area contributed by atoms with Crippen molar-refractivity contribution in [2.75, 3.05) is 13.2 Å². The van der Waals surface area contributed by atoms with Crippen LogP contribution in [0.2, 0.25) is 0 Å². The topological polar surface area (TPSA) is 53.4 Å². The van der Waals surface area contributed by atoms with Crippen molar-refractivity contribution in [3.05, 3.63) is 16.6 Å². The number of hydrogen-bond donors (Lipinski definition) is 1. The van der Waals surface area contributed by atoms with E-state index in [2.05, 4.69) is 11.9 Å². The molecule has 2 heterocycles. The lowest BCUT2D eigenvalue weighted by molar-refractivity contribution is 0.0484. The number of aromatic nitrogens is 1. The van der Waals surface area contributed by atoms with Crippen molar-refractivity contribution in [2.45, 2.75) is 25.8 Å². The van der Waals surface area contributed by atoms with E-state index in [9.17, 15) is 4.79 Å². The summed E-state index contributed by atoms with van der Waals surface area (Å²) in [5, 5.41) is 10.9. The Kier molecular flexibility index (Phi) is 3.56. The maximum Gasteiger partial charge on any atom is 0.273 e. The van der Waals surface area contributed by atoms with Crippen molar-refractivity contribution < 1.29 is 9.90 Å². The van der Waals surface area contributed by atoms with Gasteiger partial charge in [0.25, 0.3) is 5.91 Å². The number of nitrogens with zero attached hydrogens (tertiary/aromatic N) is 2. The summed E-state index contributed by atoms with van der Waals surface area (Å²) in [6.45, 7) is 2.86. The van der Waals surface area contributed by atoms with E-state index in [0.29, 0.717) is 12.2 Å². The van der Waals surface area contributed by atoms with Crippen LogP contribution in [0.1, 0.15) is 30.3 Å². The molecular weight excluding hydrogens is 224 g/mol. The summed E-state index contributed by atoms with van der Waals surface area (Å²) in [5.74, 6) is 0.214. The molecule has 1 saturated heterocycles. The predicted molar refractivity (Wildman–Crippen MR) is 62.4 cm³/mol. The van der Waals surface area contributed by atoms with Gasteiger partial charge in [0, 0.05) is 24.6 Å². The molecule has 1 fully saturated rings. The lowest BCUT2D eigenvalue weighted by Gasteiger charge is -2.37. The van der Waals surface area contributed by atoms with Crippen LogP contribution >= 0.6 is 11.3 Å². The number of hydrogen-bond acceptors (Lipinski definition) is 4. The summed E-state index contributed by atoms with van der Waals surface area (Å²) in [4.78, 5) is 18.0. The van der Waals surface area contributed by atoms with E-state index in [1.54, 1.807) is 10.9 Å². The first kappa shape index (κ1) is 11.5. The Balaban J connectivity index is 2.09. The molecule has 1 aliphatic heterocycles. The Morgan fingerprint density at radius 3 is 3.12 bits per heavy atom. The van der Waals surface area contributed by atoms with Crippen molar-refractivity contribution in [3.8, 4) is 0 Å². The Hall–Kier alpha value is -0.940. The van der Waals surface area contributed by atoms with Gasteiger partial charge in [-0.15, -0.1) is 11.3 Å². The summed E-state index contributed by atoms with van der Waals surface area (Å²) in [6, 6.07) is 0.247. The molecule has 0 bridgehead atoms. The Morgan fingerprint density at radius 2 is 2.50 bits per heavy atom. The number of amides is 1. The van der Waals surface area contributed by atoms with Gasteiger partial charge in [-0.05, 0) is 25.7 Å². The van der Waals surface area contributed by atoms with Crippen LogP contribution in [0.15, 0.2) is 10.9 Å². The molecule has 0 aliphatic carbocycles. The molecule has 16 heavy (non-hydrogen) atoms. The van der Waals surface area contributed by atoms with Gasteiger partial charge in [-0.2, -0.15) is 0 Å². The van der Waals surface area contributed by atoms with Crippen molar-refractivity contribution in [2.24, 2.45) is 5.92 Å². The number of carbonyl (C=O) groups is 1. The van der Waals surface area contributed by atoms with Crippen LogP contribution < -0.4 is 0 Å². The molecule has 1 amide bonds. The first-order chi connectivity index (χ1) is 7.72. The predicted octanol–water partition coefficient (Wildman–Crippen LogP) is 1.38. The van der Waals surface area contributed by atoms with Crippen LogP contribution in [0.4, 0.5) is 0 Å². The highest BCUT2D eigenvalue weighted by molar-refractivity contribution is 7.07. The Morgan fingerprint density at radius 1 is 1.69 bits per heavy atom. The van der Waals surface area contributed by atoms with E-state index in [0.717, 1.165) is 12.8 Å². The summed E-state index contributed by atoms with van der Waals surface area (Å²) in [5.41, 5.74) is 2.20. The van der Waals surface area contributed by atoms with Crippen molar-refractivity contribution in [3.63, 3.8) is 0 Å². The summed E-state index contributed by atoms with van der Waals surface area (Å²) in [7, 11) is 0. The lowest BCUT2D eigenvalue weighted by Crippen LogP contribution is -2.46. The van der Waals surface area contributed by atoms with Crippen LogP contribution in [-0.2, 0) is 0 Å². The van der Waals surface area contributed by atoms with Gasteiger partial charge in [0.1, 0.15) is 5.69 Å². The van der Waals surface area contributed by atoms with Gasteiger partial charge in [0.15, 0.2) is 0 Å². The molecule has 4 nitrogen and oxygen atoms in total. The zero-order valence-electron chi connectivity index (χ0n) is 9.30. The minimum Gasteiger partial charge on any atom is -0.396 e. The van der Waals surface area contributed by atoms with Crippen molar-refractivity contribution in [1.29, 1.82) is 0 Å². The SMILES string of the molecule is CC1CCC(CO)CN1C(=O)c1cscn1. The van der Waals surface area contributed by atoms with Gasteiger partial charge < -0.3 is 10.0 Å². The molecule has 2 unspecified atom stereocenters. The summed E-state index contributed by atoms with van der Waals surface area (Å²) < 4.78 is 0. The molecular formula is C11H16N2O2S. The minimum absolute atomic E-state index is 0.00750. The van der Waals surface area contributed by atoms with Gasteiger partial charge in [-0.3, -0.25) is 4.79 Å². The molecule has 2 rings (SSSR count). The molecule has 0 spiro atoms. The van der Waals surface area contributed by atoms with E-state index in [1.807, 2.05) is 4.90 Å². The average Bonchev–Trinajstić information content (AvgIpc) is 2.82. The Labute approximate surface area is 98.9 Å². The third-order valence-electron chi connectivity index (χ3n) is 3.15. The Bertz CT molecular complexity index is 353. The number of aliphatic hydroxyl groups excluding tert-OH is 1. The lowest BCUT2D eigenvalue weighted by atomic mass is 9.94. The number of rotatable bonds is 2. The fourth-order valence-electron chi connectivity index (χ4n) is 2.08. The fourth-order valence-corrected chi connectivity index (χ4v) is 2.61. The number of likely N-dealkylation sites (tertiary alicyclic amines) is 1. The number of piperidine rings is 1. The standard InChI is InChI=1S/C11H16N2O2S/c1-8-2-3-9(5-14)4-13(8)11(15)10-6-16-7-12-10/h6-9,14H,2-5H2,1H3. The van der Waals surface area contributed by atoms with E-state index >= 15 is 0 Å². The van der Waals surface area contributed by atoms with Crippen LogP contribution in [0, 0.1) is 5.92 Å². The second-order valence-electron chi connectivity index (χ2n) is 4.31. The third kappa shape index (κ3) is 2.25. The van der Waals surface area contributed by atoms with Gasteiger partial charge in [0.05, 0.1) is 5.51 Å². The quantitative estimate of drug-likeness (QED) is 0.849. The van der Waals surface area contributed by atoms with Crippen molar-refractivity contribution in [1.82, 2.24) is 9.88 Å². The zero-order valence-corrected chi connectivity index (χ0v) is 10.1. The van der Waals surface area contributed by atoms with Gasteiger partial charge in [-0.1, -0.05) is 0 Å². The monoisotopic (exact) mass is 240 g/mol. The second kappa shape index (κ2) is 4.93. The molecule has 0 radical (unpaired) electrons. The van der Waals surface area contributed by atoms with Crippen LogP contribution in [-0.4, -0.2) is 40.1 Å². The molecule has 88 valence electrons. The molecule has 1 aliphatic rings. The van der Waals surface area contributed by atoms with Gasteiger partial charge in [0.2, 0.25) is 0 Å². The zero-order chi connectivity index (χ0) is 11.5. The first-order valence-corrected chi connectivity index (χ1v) is 6.46. The minimum atomic E-state index is -0.00750. The van der Waals surface area contributed by atoms with Crippen molar-refractivity contribution >= 4 is 17.2 Å². The van der Waals surface area contributed by atoms with E-state index < -0.39 is 0 Å². The second-order valence-corrected chi connectivity index (χ2v) is 5.02. The molecule has 1 aromatic heterocycles. The molecule has 5 heteroatoms. The summed E-state index contributed by atoms with van der Waals surface area (Å²) >= 11 is 1.43. The van der Waals surface area contributed by atoms with E-state index in [-0.39, 0.29) is 24.5 Å². The van der Waals surface area contributed by atoms with Crippen LogP contribution in [0.25, 0.3) is 0 Å². The number of aliphatic hydroxyl groups is 1. The smallest absolute Gasteiger partial charge is 0.273 e. The molecule has 2 atom stereocenters. The molecule has 1 aromatic rings. The van der Waals surface area contributed by atoms with Crippen LogP contribution in [0.3, 0.4) is 0 Å². The maximum absolute atomic E-state index is 12.1. The number of carbonyl (C=O) groups excluding carboxylic acids is 1. The fraction of sp³-hybridized carbons (Fsp3) is 0.636. The molecule has 0 saturated carbocycles. The highest BCUT2D eigenvalue weighted by Gasteiger charge is 2.29. The van der Waals surface area contributed by atoms with Gasteiger partial charge >= 0.3 is 0 Å². The highest BCUT2D eigenvalue weighted by atomic mass is 32.1. The highest BCUT2D eigenvalue weighted by Crippen LogP contribution is 2.23. The first-order valence-electron chi connectivity index (χ1n) is 5.52. The maximum atomic E-state index is 12.1. The van der Waals surface area contributed by atoms with Crippen LogP contribution in [0.5, 0.6) is 0 Å². The number of thiazole rings is 1. The largest absolute Gasteiger partial charge is 0.396 e. The van der Waals surface area contributed by atoms with Gasteiger partial charge in [-0.25, -0.2) is 4.98 Å². The molecule has 0 aromatic carbocycles. The summed E-state index contributed by atoms with van der Waals surface area (Å²) in [6.07, 6.45) is 1.96. The third-order valence-corrected chi connectivity index (χ3v) is 3.74. The molecule has 1 N–H and O–H groups in total. The van der Waals surface area contributed by atoms with E-state index in [1.165, 1.54) is 11.3 Å². The van der Waals surface area contributed by atoms with E-state index in [4.69, 9.17) is 5.11 Å².